The molecule has 0 atom stereocenters. The summed E-state index contributed by atoms with van der Waals surface area (Å²) in [4.78, 5) is 0. The van der Waals surface area contributed by atoms with Crippen molar-refractivity contribution in [1.82, 2.24) is 5.32 Å². The number of hydrogen-bond donors (Lipinski definition) is 1. The Kier molecular flexibility index (Phi) is 6.10. The summed E-state index contributed by atoms with van der Waals surface area (Å²) in [5.74, 6) is 0.884. The topological polar surface area (TPSA) is 55.4 Å². The number of methoxy groups -OCH3 is 1. The Balaban J connectivity index is 2.67. The number of halogens is 2. The van der Waals surface area contributed by atoms with E-state index in [1.165, 1.54) is 6.26 Å². The second-order valence-corrected chi connectivity index (χ2v) is 7.92. The van der Waals surface area contributed by atoms with Crippen molar-refractivity contribution in [3.05, 3.63) is 26.6 Å². The Bertz CT molecular complexity index is 517. The molecule has 0 bridgehead atoms. The van der Waals surface area contributed by atoms with Crippen molar-refractivity contribution in [1.29, 1.82) is 0 Å². The molecule has 0 saturated heterocycles. The first-order valence-corrected chi connectivity index (χ1v) is 8.88. The van der Waals surface area contributed by atoms with E-state index in [0.29, 0.717) is 13.1 Å². The van der Waals surface area contributed by atoms with Crippen LogP contribution in [0.5, 0.6) is 5.75 Å². The zero-order valence-corrected chi connectivity index (χ0v) is 14.2. The van der Waals surface area contributed by atoms with Crippen LogP contribution in [0.25, 0.3) is 0 Å². The van der Waals surface area contributed by atoms with E-state index in [9.17, 15) is 8.42 Å². The van der Waals surface area contributed by atoms with Gasteiger partial charge in [0.05, 0.1) is 17.3 Å². The molecular formula is C11H15Br2NO3S. The van der Waals surface area contributed by atoms with Gasteiger partial charge in [-0.05, 0) is 28.1 Å². The number of sulfone groups is 1. The van der Waals surface area contributed by atoms with Gasteiger partial charge in [-0.2, -0.15) is 0 Å². The molecule has 0 spiro atoms. The minimum absolute atomic E-state index is 0.129. The van der Waals surface area contributed by atoms with Crippen LogP contribution in [0.1, 0.15) is 5.56 Å². The molecule has 1 N–H and O–H groups in total. The number of benzene rings is 1. The molecule has 0 aromatic heterocycles. The maximum atomic E-state index is 11.0. The fourth-order valence-corrected chi connectivity index (χ4v) is 3.44. The smallest absolute Gasteiger partial charge is 0.148 e. The Morgan fingerprint density at radius 3 is 2.56 bits per heavy atom. The van der Waals surface area contributed by atoms with Gasteiger partial charge in [-0.25, -0.2) is 8.42 Å². The van der Waals surface area contributed by atoms with E-state index < -0.39 is 9.84 Å². The van der Waals surface area contributed by atoms with Crippen molar-refractivity contribution in [3.8, 4) is 5.75 Å². The highest BCUT2D eigenvalue weighted by Gasteiger charge is 2.09. The Morgan fingerprint density at radius 1 is 1.33 bits per heavy atom. The Hall–Kier alpha value is -0.110. The van der Waals surface area contributed by atoms with Crippen LogP contribution in [0.15, 0.2) is 21.1 Å². The highest BCUT2D eigenvalue weighted by atomic mass is 79.9. The van der Waals surface area contributed by atoms with Crippen molar-refractivity contribution in [2.45, 2.75) is 6.54 Å². The van der Waals surface area contributed by atoms with Crippen molar-refractivity contribution < 1.29 is 13.2 Å². The second kappa shape index (κ2) is 6.88. The van der Waals surface area contributed by atoms with E-state index in [0.717, 1.165) is 20.3 Å². The standard InChI is InChI=1S/C11H15Br2NO3S/c1-17-11-8(5-9(12)6-10(11)13)7-14-3-4-18(2,15)16/h5-6,14H,3-4,7H2,1-2H3. The monoisotopic (exact) mass is 399 g/mol. The summed E-state index contributed by atoms with van der Waals surface area (Å²) in [6, 6.07) is 3.84. The largest absolute Gasteiger partial charge is 0.495 e. The first-order chi connectivity index (χ1) is 8.33. The fraction of sp³-hybridized carbons (Fsp3) is 0.455. The lowest BCUT2D eigenvalue weighted by molar-refractivity contribution is 0.405. The van der Waals surface area contributed by atoms with E-state index in [1.54, 1.807) is 7.11 Å². The highest BCUT2D eigenvalue weighted by Crippen LogP contribution is 2.32. The Morgan fingerprint density at radius 2 is 2.00 bits per heavy atom. The molecule has 0 unspecified atom stereocenters. The van der Waals surface area contributed by atoms with Crippen LogP contribution in [0.2, 0.25) is 0 Å². The first-order valence-electron chi connectivity index (χ1n) is 5.24. The summed E-state index contributed by atoms with van der Waals surface area (Å²) in [5.41, 5.74) is 0.965. The van der Waals surface area contributed by atoms with E-state index in [4.69, 9.17) is 4.74 Å². The molecule has 0 saturated carbocycles. The lowest BCUT2D eigenvalue weighted by Gasteiger charge is -2.12. The number of rotatable bonds is 6. The summed E-state index contributed by atoms with van der Waals surface area (Å²) in [6.45, 7) is 0.975. The van der Waals surface area contributed by atoms with Crippen LogP contribution in [-0.2, 0) is 16.4 Å². The molecule has 18 heavy (non-hydrogen) atoms. The van der Waals surface area contributed by atoms with Crippen molar-refractivity contribution in [3.63, 3.8) is 0 Å². The molecule has 0 amide bonds. The van der Waals surface area contributed by atoms with E-state index >= 15 is 0 Å². The van der Waals surface area contributed by atoms with Gasteiger partial charge in [-0.3, -0.25) is 0 Å². The van der Waals surface area contributed by atoms with Crippen molar-refractivity contribution in [2.24, 2.45) is 0 Å². The number of nitrogens with one attached hydrogen (secondary N) is 1. The van der Waals surface area contributed by atoms with Gasteiger partial charge in [0.25, 0.3) is 0 Å². The normalized spacial score (nSPS) is 11.6. The highest BCUT2D eigenvalue weighted by molar-refractivity contribution is 9.11. The van der Waals surface area contributed by atoms with E-state index in [1.807, 2.05) is 12.1 Å². The molecule has 1 aromatic rings. The van der Waals surface area contributed by atoms with Gasteiger partial charge in [-0.15, -0.1) is 0 Å². The van der Waals surface area contributed by atoms with Gasteiger partial charge in [-0.1, -0.05) is 15.9 Å². The minimum atomic E-state index is -2.92. The lowest BCUT2D eigenvalue weighted by Crippen LogP contribution is -2.22. The van der Waals surface area contributed by atoms with Gasteiger partial charge >= 0.3 is 0 Å². The maximum Gasteiger partial charge on any atom is 0.148 e. The molecule has 102 valence electrons. The summed E-state index contributed by atoms with van der Waals surface area (Å²) in [6.07, 6.45) is 1.23. The third kappa shape index (κ3) is 5.26. The van der Waals surface area contributed by atoms with E-state index in [2.05, 4.69) is 37.2 Å². The Labute approximate surface area is 124 Å². The molecule has 4 nitrogen and oxygen atoms in total. The summed E-state index contributed by atoms with van der Waals surface area (Å²) in [5, 5.41) is 3.09. The SMILES string of the molecule is COc1c(Br)cc(Br)cc1CNCCS(C)(=O)=O. The third-order valence-electron chi connectivity index (χ3n) is 2.25. The second-order valence-electron chi connectivity index (χ2n) is 3.89. The van der Waals surface area contributed by atoms with Gasteiger partial charge in [0.15, 0.2) is 0 Å². The molecule has 0 fully saturated rings. The summed E-state index contributed by atoms with van der Waals surface area (Å²) in [7, 11) is -1.32. The summed E-state index contributed by atoms with van der Waals surface area (Å²) >= 11 is 6.83. The zero-order valence-electron chi connectivity index (χ0n) is 10.2. The molecule has 0 radical (unpaired) electrons. The van der Waals surface area contributed by atoms with Crippen molar-refractivity contribution >= 4 is 41.7 Å². The molecule has 0 aliphatic heterocycles. The molecular weight excluding hydrogens is 386 g/mol. The average molecular weight is 401 g/mol. The van der Waals surface area contributed by atoms with Gasteiger partial charge in [0.1, 0.15) is 15.6 Å². The van der Waals surface area contributed by atoms with Crippen LogP contribution in [0.3, 0.4) is 0 Å². The molecule has 1 aromatic carbocycles. The number of ether oxygens (including phenoxy) is 1. The number of hydrogen-bond acceptors (Lipinski definition) is 4. The van der Waals surface area contributed by atoms with Crippen molar-refractivity contribution in [2.75, 3.05) is 25.7 Å². The third-order valence-corrected chi connectivity index (χ3v) is 4.25. The van der Waals surface area contributed by atoms with Crippen LogP contribution in [0.4, 0.5) is 0 Å². The fourth-order valence-electron chi connectivity index (χ4n) is 1.45. The van der Waals surface area contributed by atoms with Gasteiger partial charge in [0, 0.05) is 29.4 Å². The molecule has 1 rings (SSSR count). The van der Waals surface area contributed by atoms with Crippen LogP contribution >= 0.6 is 31.9 Å². The quantitative estimate of drug-likeness (QED) is 0.744. The van der Waals surface area contributed by atoms with E-state index in [-0.39, 0.29) is 5.75 Å². The van der Waals surface area contributed by atoms with Crippen LogP contribution in [0, 0.1) is 0 Å². The van der Waals surface area contributed by atoms with Crippen LogP contribution in [-0.4, -0.2) is 34.1 Å². The maximum absolute atomic E-state index is 11.0. The lowest BCUT2D eigenvalue weighted by atomic mass is 10.2. The zero-order chi connectivity index (χ0) is 13.8. The predicted octanol–water partition coefficient (Wildman–Crippen LogP) is 2.35. The van der Waals surface area contributed by atoms with Crippen LogP contribution < -0.4 is 10.1 Å². The molecule has 0 heterocycles. The average Bonchev–Trinajstić information content (AvgIpc) is 2.22. The predicted molar refractivity (Wildman–Crippen MR) is 79.8 cm³/mol. The minimum Gasteiger partial charge on any atom is -0.495 e. The first kappa shape index (κ1) is 15.9. The molecule has 0 aliphatic rings. The molecule has 0 aliphatic carbocycles. The van der Waals surface area contributed by atoms with Gasteiger partial charge < -0.3 is 10.1 Å². The molecule has 7 heteroatoms. The van der Waals surface area contributed by atoms with Gasteiger partial charge in [0.2, 0.25) is 0 Å². The summed E-state index contributed by atoms with van der Waals surface area (Å²) < 4.78 is 29.1.